The lowest BCUT2D eigenvalue weighted by atomic mass is 10.1. The van der Waals surface area contributed by atoms with Crippen molar-refractivity contribution >= 4 is 29.2 Å². The molecule has 0 heterocycles. The molecule has 2 aromatic rings. The Labute approximate surface area is 157 Å². The Balaban J connectivity index is 1.89. The van der Waals surface area contributed by atoms with E-state index in [0.29, 0.717) is 22.7 Å². The van der Waals surface area contributed by atoms with Crippen LogP contribution in [-0.2, 0) is 25.5 Å². The zero-order valence-electron chi connectivity index (χ0n) is 15.4. The van der Waals surface area contributed by atoms with Crippen molar-refractivity contribution in [3.8, 4) is 5.75 Å². The Bertz CT molecular complexity index is 817. The van der Waals surface area contributed by atoms with Crippen LogP contribution in [-0.4, -0.2) is 31.0 Å². The molecule has 0 unspecified atom stereocenters. The molecule has 0 aliphatic rings. The number of para-hydroxylation sites is 1. The number of carbonyl (C=O) groups is 3. The van der Waals surface area contributed by atoms with Crippen molar-refractivity contribution in [3.05, 3.63) is 54.1 Å². The molecular weight excluding hydrogens is 348 g/mol. The van der Waals surface area contributed by atoms with Gasteiger partial charge < -0.3 is 20.1 Å². The summed E-state index contributed by atoms with van der Waals surface area (Å²) in [7, 11) is 1.53. The molecule has 0 fully saturated rings. The minimum absolute atomic E-state index is 0.00699. The van der Waals surface area contributed by atoms with Gasteiger partial charge in [-0.3, -0.25) is 14.4 Å². The summed E-state index contributed by atoms with van der Waals surface area (Å²) < 4.78 is 10.4. The van der Waals surface area contributed by atoms with Crippen LogP contribution in [0.15, 0.2) is 48.5 Å². The molecule has 0 bridgehead atoms. The Morgan fingerprint density at radius 3 is 2.15 bits per heavy atom. The summed E-state index contributed by atoms with van der Waals surface area (Å²) in [5.41, 5.74) is 1.84. The maximum absolute atomic E-state index is 12.2. The monoisotopic (exact) mass is 370 g/mol. The third-order valence-electron chi connectivity index (χ3n) is 3.68. The SMILES string of the molecule is COc1ccccc1CC(=O)O[C@@H](C)C(=O)Nc1ccc(NC(C)=O)cc1. The Morgan fingerprint density at radius 1 is 0.963 bits per heavy atom. The van der Waals surface area contributed by atoms with Crippen molar-refractivity contribution in [2.45, 2.75) is 26.4 Å². The fourth-order valence-electron chi connectivity index (χ4n) is 2.38. The first-order valence-electron chi connectivity index (χ1n) is 8.39. The molecule has 0 aromatic heterocycles. The van der Waals surface area contributed by atoms with Crippen molar-refractivity contribution in [2.24, 2.45) is 0 Å². The van der Waals surface area contributed by atoms with Gasteiger partial charge in [0.1, 0.15) is 5.75 Å². The van der Waals surface area contributed by atoms with Gasteiger partial charge in [0.25, 0.3) is 5.91 Å². The van der Waals surface area contributed by atoms with E-state index in [2.05, 4.69) is 10.6 Å². The van der Waals surface area contributed by atoms with Crippen molar-refractivity contribution in [1.82, 2.24) is 0 Å². The number of esters is 1. The zero-order valence-corrected chi connectivity index (χ0v) is 15.4. The van der Waals surface area contributed by atoms with E-state index in [1.54, 1.807) is 48.5 Å². The van der Waals surface area contributed by atoms with Crippen LogP contribution >= 0.6 is 0 Å². The molecule has 2 rings (SSSR count). The average Bonchev–Trinajstić information content (AvgIpc) is 2.63. The normalized spacial score (nSPS) is 11.2. The van der Waals surface area contributed by atoms with Crippen LogP contribution in [0, 0.1) is 0 Å². The van der Waals surface area contributed by atoms with E-state index in [4.69, 9.17) is 9.47 Å². The molecule has 2 aromatic carbocycles. The average molecular weight is 370 g/mol. The Morgan fingerprint density at radius 2 is 1.56 bits per heavy atom. The van der Waals surface area contributed by atoms with E-state index < -0.39 is 18.0 Å². The second kappa shape index (κ2) is 9.38. The van der Waals surface area contributed by atoms with Crippen molar-refractivity contribution < 1.29 is 23.9 Å². The molecule has 0 aliphatic carbocycles. The number of hydrogen-bond donors (Lipinski definition) is 2. The summed E-state index contributed by atoms with van der Waals surface area (Å²) in [5, 5.41) is 5.30. The largest absolute Gasteiger partial charge is 0.496 e. The van der Waals surface area contributed by atoms with Gasteiger partial charge in [0.15, 0.2) is 6.10 Å². The highest BCUT2D eigenvalue weighted by atomic mass is 16.5. The zero-order chi connectivity index (χ0) is 19.8. The molecule has 0 aliphatic heterocycles. The smallest absolute Gasteiger partial charge is 0.311 e. The molecule has 7 nitrogen and oxygen atoms in total. The number of anilines is 2. The highest BCUT2D eigenvalue weighted by Crippen LogP contribution is 2.18. The predicted octanol–water partition coefficient (Wildman–Crippen LogP) is 2.77. The van der Waals surface area contributed by atoms with Crippen molar-refractivity contribution in [3.63, 3.8) is 0 Å². The van der Waals surface area contributed by atoms with E-state index >= 15 is 0 Å². The summed E-state index contributed by atoms with van der Waals surface area (Å²) >= 11 is 0. The first-order chi connectivity index (χ1) is 12.9. The van der Waals surface area contributed by atoms with Gasteiger partial charge in [0, 0.05) is 23.9 Å². The molecule has 0 radical (unpaired) electrons. The van der Waals surface area contributed by atoms with Crippen LogP contribution in [0.25, 0.3) is 0 Å². The molecule has 2 N–H and O–H groups in total. The molecule has 1 atom stereocenters. The first kappa shape index (κ1) is 20.0. The van der Waals surface area contributed by atoms with Gasteiger partial charge in [0.05, 0.1) is 13.5 Å². The quantitative estimate of drug-likeness (QED) is 0.731. The molecular formula is C20H22N2O5. The van der Waals surface area contributed by atoms with E-state index in [1.165, 1.54) is 21.0 Å². The summed E-state index contributed by atoms with van der Waals surface area (Å²) in [6.07, 6.45) is -0.949. The van der Waals surface area contributed by atoms with Crippen LogP contribution in [0.1, 0.15) is 19.4 Å². The minimum Gasteiger partial charge on any atom is -0.496 e. The fourth-order valence-corrected chi connectivity index (χ4v) is 2.38. The summed E-state index contributed by atoms with van der Waals surface area (Å²) in [5.74, 6) is -0.563. The standard InChI is InChI=1S/C20H22N2O5/c1-13(27-19(24)12-15-6-4-5-7-18(15)26-3)20(25)22-17-10-8-16(9-11-17)21-14(2)23/h4-11,13H,12H2,1-3H3,(H,21,23)(H,22,25)/t13-/m0/s1. The number of nitrogens with one attached hydrogen (secondary N) is 2. The summed E-state index contributed by atoms with van der Waals surface area (Å²) in [4.78, 5) is 35.3. The van der Waals surface area contributed by atoms with Gasteiger partial charge in [-0.05, 0) is 37.3 Å². The second-order valence-electron chi connectivity index (χ2n) is 5.87. The lowest BCUT2D eigenvalue weighted by Gasteiger charge is -2.14. The van der Waals surface area contributed by atoms with E-state index in [-0.39, 0.29) is 12.3 Å². The fraction of sp³-hybridized carbons (Fsp3) is 0.250. The van der Waals surface area contributed by atoms with Crippen LogP contribution in [0.5, 0.6) is 5.75 Å². The van der Waals surface area contributed by atoms with Crippen LogP contribution < -0.4 is 15.4 Å². The third kappa shape index (κ3) is 6.14. The number of carbonyl (C=O) groups excluding carboxylic acids is 3. The van der Waals surface area contributed by atoms with E-state index in [0.717, 1.165) is 0 Å². The number of benzene rings is 2. The van der Waals surface area contributed by atoms with Gasteiger partial charge in [-0.25, -0.2) is 0 Å². The molecule has 0 saturated carbocycles. The number of methoxy groups -OCH3 is 1. The van der Waals surface area contributed by atoms with Gasteiger partial charge in [-0.1, -0.05) is 18.2 Å². The molecule has 27 heavy (non-hydrogen) atoms. The lowest BCUT2D eigenvalue weighted by Crippen LogP contribution is -2.30. The first-order valence-corrected chi connectivity index (χ1v) is 8.39. The minimum atomic E-state index is -0.956. The van der Waals surface area contributed by atoms with Crippen molar-refractivity contribution in [2.75, 3.05) is 17.7 Å². The van der Waals surface area contributed by atoms with E-state index in [9.17, 15) is 14.4 Å². The van der Waals surface area contributed by atoms with Crippen LogP contribution in [0.3, 0.4) is 0 Å². The summed E-state index contributed by atoms with van der Waals surface area (Å²) in [6, 6.07) is 13.7. The van der Waals surface area contributed by atoms with Crippen molar-refractivity contribution in [1.29, 1.82) is 0 Å². The number of rotatable bonds is 7. The number of hydrogen-bond acceptors (Lipinski definition) is 5. The van der Waals surface area contributed by atoms with Crippen LogP contribution in [0.4, 0.5) is 11.4 Å². The van der Waals surface area contributed by atoms with Gasteiger partial charge in [-0.2, -0.15) is 0 Å². The molecule has 0 saturated heterocycles. The summed E-state index contributed by atoms with van der Waals surface area (Å²) in [6.45, 7) is 2.91. The van der Waals surface area contributed by atoms with Crippen LogP contribution in [0.2, 0.25) is 0 Å². The highest BCUT2D eigenvalue weighted by molar-refractivity contribution is 5.95. The van der Waals surface area contributed by atoms with Gasteiger partial charge in [0.2, 0.25) is 5.91 Å². The second-order valence-corrected chi connectivity index (χ2v) is 5.87. The van der Waals surface area contributed by atoms with Gasteiger partial charge in [-0.15, -0.1) is 0 Å². The topological polar surface area (TPSA) is 93.7 Å². The maximum Gasteiger partial charge on any atom is 0.311 e. The maximum atomic E-state index is 12.2. The molecule has 2 amide bonds. The Kier molecular flexibility index (Phi) is 6.93. The predicted molar refractivity (Wildman–Crippen MR) is 102 cm³/mol. The highest BCUT2D eigenvalue weighted by Gasteiger charge is 2.19. The van der Waals surface area contributed by atoms with Gasteiger partial charge >= 0.3 is 5.97 Å². The van der Waals surface area contributed by atoms with E-state index in [1.807, 2.05) is 0 Å². The molecule has 142 valence electrons. The molecule has 7 heteroatoms. The molecule has 0 spiro atoms. The lowest BCUT2D eigenvalue weighted by molar-refractivity contribution is -0.152. The number of ether oxygens (including phenoxy) is 2. The third-order valence-corrected chi connectivity index (χ3v) is 3.68. The number of amides is 2. The Hall–Kier alpha value is -3.35.